The lowest BCUT2D eigenvalue weighted by Crippen LogP contribution is -2.46. The first-order valence-corrected chi connectivity index (χ1v) is 11.7. The number of hydrogen-bond donors (Lipinski definition) is 1. The SMILES string of the molecule is CCNC(=NCc1ccc(C(=O)N2CCCCC2)cc1)N1CCC(C(=O)OCC)CC1. The quantitative estimate of drug-likeness (QED) is 0.428. The number of guanidine groups is 1. The fraction of sp³-hybridized carbons (Fsp3) is 0.625. The van der Waals surface area contributed by atoms with Crippen LogP contribution in [-0.4, -0.2) is 67.0 Å². The van der Waals surface area contributed by atoms with Gasteiger partial charge in [0.1, 0.15) is 0 Å². The van der Waals surface area contributed by atoms with Crippen molar-refractivity contribution in [3.63, 3.8) is 0 Å². The van der Waals surface area contributed by atoms with Crippen LogP contribution in [0.4, 0.5) is 0 Å². The fourth-order valence-electron chi connectivity index (χ4n) is 4.21. The molecule has 0 saturated carbocycles. The van der Waals surface area contributed by atoms with Crippen molar-refractivity contribution < 1.29 is 14.3 Å². The Hall–Kier alpha value is -2.57. The lowest BCUT2D eigenvalue weighted by molar-refractivity contribution is -0.149. The number of amides is 1. The van der Waals surface area contributed by atoms with Gasteiger partial charge in [-0.15, -0.1) is 0 Å². The van der Waals surface area contributed by atoms with Crippen LogP contribution in [0.1, 0.15) is 61.9 Å². The van der Waals surface area contributed by atoms with Gasteiger partial charge in [0.25, 0.3) is 5.91 Å². The molecule has 7 heteroatoms. The van der Waals surface area contributed by atoms with Crippen molar-refractivity contribution in [3.8, 4) is 0 Å². The summed E-state index contributed by atoms with van der Waals surface area (Å²) in [5.41, 5.74) is 1.83. The van der Waals surface area contributed by atoms with Crippen LogP contribution >= 0.6 is 0 Å². The molecule has 0 unspecified atom stereocenters. The lowest BCUT2D eigenvalue weighted by Gasteiger charge is -2.33. The number of aliphatic imine (C=N–C) groups is 1. The summed E-state index contributed by atoms with van der Waals surface area (Å²) in [7, 11) is 0. The second kappa shape index (κ2) is 11.7. The van der Waals surface area contributed by atoms with Gasteiger partial charge in [0.15, 0.2) is 5.96 Å². The van der Waals surface area contributed by atoms with E-state index in [1.165, 1.54) is 6.42 Å². The number of benzene rings is 1. The minimum absolute atomic E-state index is 0.0101. The minimum Gasteiger partial charge on any atom is -0.466 e. The van der Waals surface area contributed by atoms with Gasteiger partial charge in [0, 0.05) is 38.3 Å². The van der Waals surface area contributed by atoms with E-state index in [9.17, 15) is 9.59 Å². The zero-order valence-corrected chi connectivity index (χ0v) is 18.9. The summed E-state index contributed by atoms with van der Waals surface area (Å²) in [5, 5.41) is 3.36. The summed E-state index contributed by atoms with van der Waals surface area (Å²) in [6.07, 6.45) is 4.99. The lowest BCUT2D eigenvalue weighted by atomic mass is 9.97. The van der Waals surface area contributed by atoms with Crippen LogP contribution < -0.4 is 5.32 Å². The molecular weight excluding hydrogens is 392 g/mol. The highest BCUT2D eigenvalue weighted by molar-refractivity contribution is 5.94. The number of carbonyl (C=O) groups is 2. The van der Waals surface area contributed by atoms with Gasteiger partial charge in [-0.1, -0.05) is 12.1 Å². The number of nitrogens with zero attached hydrogens (tertiary/aromatic N) is 3. The van der Waals surface area contributed by atoms with Gasteiger partial charge in [-0.05, 0) is 63.6 Å². The molecule has 170 valence electrons. The summed E-state index contributed by atoms with van der Waals surface area (Å²) in [4.78, 5) is 33.6. The highest BCUT2D eigenvalue weighted by Crippen LogP contribution is 2.19. The van der Waals surface area contributed by atoms with Gasteiger partial charge in [-0.2, -0.15) is 0 Å². The van der Waals surface area contributed by atoms with E-state index in [0.717, 1.165) is 75.5 Å². The summed E-state index contributed by atoms with van der Waals surface area (Å²) >= 11 is 0. The summed E-state index contributed by atoms with van der Waals surface area (Å²) in [6.45, 7) is 9.00. The number of rotatable bonds is 6. The molecule has 7 nitrogen and oxygen atoms in total. The number of hydrogen-bond acceptors (Lipinski definition) is 4. The van der Waals surface area contributed by atoms with Crippen LogP contribution in [0.5, 0.6) is 0 Å². The predicted octanol–water partition coefficient (Wildman–Crippen LogP) is 3.05. The smallest absolute Gasteiger partial charge is 0.309 e. The maximum absolute atomic E-state index is 12.6. The minimum atomic E-state index is -0.0803. The highest BCUT2D eigenvalue weighted by Gasteiger charge is 2.27. The van der Waals surface area contributed by atoms with Crippen LogP contribution in [-0.2, 0) is 16.1 Å². The Morgan fingerprint density at radius 3 is 2.29 bits per heavy atom. The second-order valence-corrected chi connectivity index (χ2v) is 8.23. The monoisotopic (exact) mass is 428 g/mol. The third-order valence-electron chi connectivity index (χ3n) is 6.00. The Morgan fingerprint density at radius 1 is 1.00 bits per heavy atom. The van der Waals surface area contributed by atoms with E-state index >= 15 is 0 Å². The Balaban J connectivity index is 1.56. The molecule has 0 aliphatic carbocycles. The molecule has 2 saturated heterocycles. The van der Waals surface area contributed by atoms with Gasteiger partial charge >= 0.3 is 5.97 Å². The zero-order chi connectivity index (χ0) is 22.1. The fourth-order valence-corrected chi connectivity index (χ4v) is 4.21. The normalized spacial score (nSPS) is 18.1. The third kappa shape index (κ3) is 6.45. The first kappa shape index (κ1) is 23.1. The Labute approximate surface area is 185 Å². The molecule has 1 aromatic rings. The van der Waals surface area contributed by atoms with Crippen molar-refractivity contribution >= 4 is 17.8 Å². The van der Waals surface area contributed by atoms with E-state index in [1.807, 2.05) is 36.1 Å². The molecule has 1 aromatic carbocycles. The molecule has 31 heavy (non-hydrogen) atoms. The van der Waals surface area contributed by atoms with Gasteiger partial charge in [-0.25, -0.2) is 4.99 Å². The Bertz CT molecular complexity index is 749. The molecule has 1 amide bonds. The molecule has 3 rings (SSSR count). The second-order valence-electron chi connectivity index (χ2n) is 8.23. The number of carbonyl (C=O) groups excluding carboxylic acids is 2. The predicted molar refractivity (Wildman–Crippen MR) is 122 cm³/mol. The van der Waals surface area contributed by atoms with Crippen molar-refractivity contribution in [2.75, 3.05) is 39.3 Å². The van der Waals surface area contributed by atoms with Gasteiger partial charge in [-0.3, -0.25) is 9.59 Å². The van der Waals surface area contributed by atoms with Gasteiger partial charge in [0.2, 0.25) is 0 Å². The molecule has 2 heterocycles. The topological polar surface area (TPSA) is 74.2 Å². The third-order valence-corrected chi connectivity index (χ3v) is 6.00. The average molecular weight is 429 g/mol. The molecule has 0 aromatic heterocycles. The number of piperidine rings is 2. The van der Waals surface area contributed by atoms with Crippen LogP contribution in [0, 0.1) is 5.92 Å². The largest absolute Gasteiger partial charge is 0.466 e. The van der Waals surface area contributed by atoms with Crippen molar-refractivity contribution in [1.82, 2.24) is 15.1 Å². The Morgan fingerprint density at radius 2 is 1.68 bits per heavy atom. The van der Waals surface area contributed by atoms with Gasteiger partial charge in [0.05, 0.1) is 19.1 Å². The van der Waals surface area contributed by atoms with E-state index in [1.54, 1.807) is 0 Å². The first-order valence-electron chi connectivity index (χ1n) is 11.7. The molecule has 1 N–H and O–H groups in total. The molecule has 2 aliphatic heterocycles. The average Bonchev–Trinajstić information content (AvgIpc) is 2.82. The summed E-state index contributed by atoms with van der Waals surface area (Å²) in [5.74, 6) is 0.915. The number of ether oxygens (including phenoxy) is 1. The zero-order valence-electron chi connectivity index (χ0n) is 18.9. The molecular formula is C24H36N4O3. The maximum Gasteiger partial charge on any atom is 0.309 e. The molecule has 0 bridgehead atoms. The van der Waals surface area contributed by atoms with Crippen molar-refractivity contribution in [3.05, 3.63) is 35.4 Å². The maximum atomic E-state index is 12.6. The van der Waals surface area contributed by atoms with E-state index in [-0.39, 0.29) is 17.8 Å². The molecule has 0 spiro atoms. The van der Waals surface area contributed by atoms with E-state index in [2.05, 4.69) is 17.1 Å². The summed E-state index contributed by atoms with van der Waals surface area (Å²) in [6, 6.07) is 7.83. The van der Waals surface area contributed by atoms with E-state index < -0.39 is 0 Å². The summed E-state index contributed by atoms with van der Waals surface area (Å²) < 4.78 is 5.16. The number of nitrogens with one attached hydrogen (secondary N) is 1. The van der Waals surface area contributed by atoms with Crippen molar-refractivity contribution in [1.29, 1.82) is 0 Å². The standard InChI is InChI=1S/C24H36N4O3/c1-3-25-24(28-16-12-21(13-17-28)23(30)31-4-2)26-18-19-8-10-20(11-9-19)22(29)27-14-6-5-7-15-27/h8-11,21H,3-7,12-18H2,1-2H3,(H,25,26). The van der Waals surface area contributed by atoms with Crippen LogP contribution in [0.25, 0.3) is 0 Å². The van der Waals surface area contributed by atoms with Crippen LogP contribution in [0.3, 0.4) is 0 Å². The Kier molecular flexibility index (Phi) is 8.74. The molecule has 0 atom stereocenters. The first-order chi connectivity index (χ1) is 15.1. The van der Waals surface area contributed by atoms with Crippen molar-refractivity contribution in [2.24, 2.45) is 10.9 Å². The van der Waals surface area contributed by atoms with Crippen molar-refractivity contribution in [2.45, 2.75) is 52.5 Å². The van der Waals surface area contributed by atoms with E-state index in [0.29, 0.717) is 13.2 Å². The van der Waals surface area contributed by atoms with Gasteiger partial charge < -0.3 is 19.9 Å². The number of likely N-dealkylation sites (tertiary alicyclic amines) is 2. The molecule has 2 fully saturated rings. The number of esters is 1. The van der Waals surface area contributed by atoms with Crippen LogP contribution in [0.2, 0.25) is 0 Å². The molecule has 0 radical (unpaired) electrons. The van der Waals surface area contributed by atoms with Crippen LogP contribution in [0.15, 0.2) is 29.3 Å². The molecule has 2 aliphatic rings. The highest BCUT2D eigenvalue weighted by atomic mass is 16.5. The van der Waals surface area contributed by atoms with E-state index in [4.69, 9.17) is 9.73 Å².